The number of hydrogen-bond donors (Lipinski definition) is 0. The van der Waals surface area contributed by atoms with Crippen LogP contribution >= 0.6 is 34.8 Å². The van der Waals surface area contributed by atoms with Crippen molar-refractivity contribution in [3.8, 4) is 0 Å². The minimum atomic E-state index is -1.47. The van der Waals surface area contributed by atoms with Gasteiger partial charge < -0.3 is 9.80 Å². The molecular weight excluding hydrogens is 367 g/mol. The minimum absolute atomic E-state index is 0.0499. The molecule has 3 aliphatic heterocycles. The maximum atomic E-state index is 13.0. The van der Waals surface area contributed by atoms with Gasteiger partial charge in [-0.1, -0.05) is 41.4 Å². The van der Waals surface area contributed by atoms with E-state index in [0.29, 0.717) is 6.54 Å². The number of benzene rings is 1. The van der Waals surface area contributed by atoms with Gasteiger partial charge in [0.2, 0.25) is 4.33 Å². The molecule has 1 amide bonds. The van der Waals surface area contributed by atoms with E-state index in [-0.39, 0.29) is 23.4 Å². The Labute approximate surface area is 157 Å². The van der Waals surface area contributed by atoms with Crippen LogP contribution in [0.2, 0.25) is 0 Å². The quantitative estimate of drug-likeness (QED) is 0.681. The van der Waals surface area contributed by atoms with Crippen LogP contribution in [-0.2, 0) is 10.2 Å². The topological polar surface area (TPSA) is 23.6 Å². The number of para-hydroxylation sites is 1. The maximum Gasteiger partial charge on any atom is 0.260 e. The average molecular weight is 388 g/mol. The highest BCUT2D eigenvalue weighted by molar-refractivity contribution is 6.60. The number of fused-ring (bicyclic) bond motifs is 5. The number of carbonyl (C=O) groups excluding carboxylic acids is 1. The Kier molecular flexibility index (Phi) is 3.80. The molecule has 0 N–H and O–H groups in total. The summed E-state index contributed by atoms with van der Waals surface area (Å²) in [6.07, 6.45) is 1.72. The number of alkyl halides is 3. The number of amides is 1. The van der Waals surface area contributed by atoms with Gasteiger partial charge in [-0.15, -0.1) is 11.6 Å². The summed E-state index contributed by atoms with van der Waals surface area (Å²) in [5.41, 5.74) is 1.60. The first-order valence-electron chi connectivity index (χ1n) is 8.50. The molecule has 0 aliphatic carbocycles. The third-order valence-corrected chi connectivity index (χ3v) is 7.33. The lowest BCUT2D eigenvalue weighted by Crippen LogP contribution is -2.57. The minimum Gasteiger partial charge on any atom is -0.367 e. The van der Waals surface area contributed by atoms with Crippen molar-refractivity contribution < 1.29 is 4.79 Å². The zero-order valence-electron chi connectivity index (χ0n) is 13.8. The van der Waals surface area contributed by atoms with E-state index in [4.69, 9.17) is 34.8 Å². The van der Waals surface area contributed by atoms with Crippen LogP contribution in [0.1, 0.15) is 32.3 Å². The van der Waals surface area contributed by atoms with Crippen LogP contribution < -0.4 is 4.90 Å². The van der Waals surface area contributed by atoms with Gasteiger partial charge in [0.05, 0.1) is 5.41 Å². The van der Waals surface area contributed by atoms with Crippen LogP contribution in [0.25, 0.3) is 0 Å². The summed E-state index contributed by atoms with van der Waals surface area (Å²) >= 11 is 20.1. The molecule has 4 rings (SSSR count). The Balaban J connectivity index is 1.93. The molecule has 0 radical (unpaired) electrons. The van der Waals surface area contributed by atoms with Gasteiger partial charge in [-0.3, -0.25) is 4.79 Å². The molecule has 2 saturated heterocycles. The van der Waals surface area contributed by atoms with E-state index in [9.17, 15) is 4.79 Å². The third kappa shape index (κ3) is 1.95. The lowest BCUT2D eigenvalue weighted by atomic mass is 9.72. The fraction of sp³-hybridized carbons (Fsp3) is 0.611. The SMILES string of the molecule is CC(C)N1CC2(c3ccccc3N3CCC(Cl)CC32)C(Cl)(Cl)C1=O. The maximum absolute atomic E-state index is 13.0. The van der Waals surface area contributed by atoms with E-state index in [2.05, 4.69) is 17.0 Å². The van der Waals surface area contributed by atoms with Crippen molar-refractivity contribution in [2.45, 2.75) is 53.9 Å². The number of halogens is 3. The molecule has 1 aromatic rings. The average Bonchev–Trinajstić information content (AvgIpc) is 2.93. The second kappa shape index (κ2) is 5.43. The molecule has 1 aromatic carbocycles. The number of rotatable bonds is 1. The predicted molar refractivity (Wildman–Crippen MR) is 99.4 cm³/mol. The van der Waals surface area contributed by atoms with Crippen LogP contribution in [0, 0.1) is 0 Å². The summed E-state index contributed by atoms with van der Waals surface area (Å²) in [5.74, 6) is -0.186. The molecule has 1 spiro atoms. The molecule has 3 heterocycles. The van der Waals surface area contributed by atoms with Gasteiger partial charge in [0.15, 0.2) is 0 Å². The van der Waals surface area contributed by atoms with Crippen molar-refractivity contribution in [2.75, 3.05) is 18.0 Å². The Morgan fingerprint density at radius 1 is 1.25 bits per heavy atom. The Morgan fingerprint density at radius 2 is 1.96 bits per heavy atom. The number of carbonyl (C=O) groups is 1. The third-order valence-electron chi connectivity index (χ3n) is 5.93. The van der Waals surface area contributed by atoms with Gasteiger partial charge in [0, 0.05) is 36.2 Å². The molecule has 3 atom stereocenters. The highest BCUT2D eigenvalue weighted by Gasteiger charge is 2.71. The molecule has 6 heteroatoms. The molecule has 3 aliphatic rings. The van der Waals surface area contributed by atoms with E-state index >= 15 is 0 Å². The summed E-state index contributed by atoms with van der Waals surface area (Å²) in [5, 5.41) is 0.0878. The van der Waals surface area contributed by atoms with Gasteiger partial charge in [0.25, 0.3) is 5.91 Å². The van der Waals surface area contributed by atoms with E-state index < -0.39 is 9.75 Å². The number of hydrogen-bond acceptors (Lipinski definition) is 2. The number of anilines is 1. The first-order chi connectivity index (χ1) is 11.3. The van der Waals surface area contributed by atoms with Crippen molar-refractivity contribution in [1.29, 1.82) is 0 Å². The zero-order chi connectivity index (χ0) is 17.3. The highest BCUT2D eigenvalue weighted by Crippen LogP contribution is 2.61. The zero-order valence-corrected chi connectivity index (χ0v) is 16.1. The molecule has 130 valence electrons. The van der Waals surface area contributed by atoms with Crippen LogP contribution in [-0.4, -0.2) is 45.7 Å². The van der Waals surface area contributed by atoms with Gasteiger partial charge in [-0.05, 0) is 38.3 Å². The van der Waals surface area contributed by atoms with Crippen LogP contribution in [0.3, 0.4) is 0 Å². The van der Waals surface area contributed by atoms with Crippen molar-refractivity contribution in [3.63, 3.8) is 0 Å². The molecule has 3 unspecified atom stereocenters. The normalized spacial score (nSPS) is 34.2. The van der Waals surface area contributed by atoms with E-state index in [1.165, 1.54) is 0 Å². The fourth-order valence-corrected chi connectivity index (χ4v) is 5.81. The van der Waals surface area contributed by atoms with Gasteiger partial charge >= 0.3 is 0 Å². The van der Waals surface area contributed by atoms with Gasteiger partial charge in [-0.2, -0.15) is 0 Å². The van der Waals surface area contributed by atoms with Crippen molar-refractivity contribution in [3.05, 3.63) is 29.8 Å². The van der Waals surface area contributed by atoms with Crippen LogP contribution in [0.5, 0.6) is 0 Å². The summed E-state index contributed by atoms with van der Waals surface area (Å²) in [6, 6.07) is 8.33. The number of nitrogens with zero attached hydrogens (tertiary/aromatic N) is 2. The number of piperidine rings is 1. The van der Waals surface area contributed by atoms with Crippen molar-refractivity contribution in [1.82, 2.24) is 4.90 Å². The first kappa shape index (κ1) is 16.8. The Bertz CT molecular complexity index is 693. The Hall–Kier alpha value is -0.640. The summed E-state index contributed by atoms with van der Waals surface area (Å²) in [7, 11) is 0. The standard InChI is InChI=1S/C18H21Cl3N2O/c1-11(2)23-10-17(18(20,21)16(23)24)13-5-3-4-6-14(13)22-8-7-12(19)9-15(17)22/h3-6,11-12,15H,7-10H2,1-2H3. The molecule has 0 aromatic heterocycles. The van der Waals surface area contributed by atoms with Crippen LogP contribution in [0.15, 0.2) is 24.3 Å². The highest BCUT2D eigenvalue weighted by atomic mass is 35.5. The molecule has 3 nitrogen and oxygen atoms in total. The lowest BCUT2D eigenvalue weighted by Gasteiger charge is -2.44. The summed E-state index contributed by atoms with van der Waals surface area (Å²) < 4.78 is -1.47. The molecular formula is C18H21Cl3N2O. The monoisotopic (exact) mass is 386 g/mol. The number of likely N-dealkylation sites (tertiary alicyclic amines) is 1. The molecule has 24 heavy (non-hydrogen) atoms. The second-order valence-electron chi connectivity index (χ2n) is 7.42. The van der Waals surface area contributed by atoms with Gasteiger partial charge in [-0.25, -0.2) is 0 Å². The summed E-state index contributed by atoms with van der Waals surface area (Å²) in [4.78, 5) is 17.2. The molecule has 0 bridgehead atoms. The second-order valence-corrected chi connectivity index (χ2v) is 9.37. The van der Waals surface area contributed by atoms with E-state index in [0.717, 1.165) is 30.6 Å². The van der Waals surface area contributed by atoms with Crippen molar-refractivity contribution in [2.24, 2.45) is 0 Å². The molecule has 2 fully saturated rings. The van der Waals surface area contributed by atoms with Crippen molar-refractivity contribution >= 4 is 46.4 Å². The largest absolute Gasteiger partial charge is 0.367 e. The summed E-state index contributed by atoms with van der Waals surface area (Å²) in [6.45, 7) is 5.42. The van der Waals surface area contributed by atoms with E-state index in [1.807, 2.05) is 30.9 Å². The lowest BCUT2D eigenvalue weighted by molar-refractivity contribution is -0.129. The predicted octanol–water partition coefficient (Wildman–Crippen LogP) is 3.94. The van der Waals surface area contributed by atoms with E-state index in [1.54, 1.807) is 0 Å². The van der Waals surface area contributed by atoms with Crippen LogP contribution in [0.4, 0.5) is 5.69 Å². The smallest absolute Gasteiger partial charge is 0.260 e. The first-order valence-corrected chi connectivity index (χ1v) is 9.69. The van der Waals surface area contributed by atoms with Gasteiger partial charge in [0.1, 0.15) is 0 Å². The molecule has 0 saturated carbocycles. The Morgan fingerprint density at radius 3 is 2.62 bits per heavy atom. The fourth-order valence-electron chi connectivity index (χ4n) is 4.76.